The van der Waals surface area contributed by atoms with Gasteiger partial charge in [0.2, 0.25) is 11.1 Å². The lowest BCUT2D eigenvalue weighted by atomic mass is 9.95. The molecule has 0 saturated carbocycles. The second-order valence-corrected chi connectivity index (χ2v) is 9.83. The molecule has 9 heteroatoms. The quantitative estimate of drug-likeness (QED) is 0.281. The summed E-state index contributed by atoms with van der Waals surface area (Å²) in [4.78, 5) is 18.2. The van der Waals surface area contributed by atoms with Crippen molar-refractivity contribution in [2.45, 2.75) is 30.8 Å². The van der Waals surface area contributed by atoms with Gasteiger partial charge < -0.3 is 10.6 Å². The van der Waals surface area contributed by atoms with Crippen molar-refractivity contribution >= 4 is 40.9 Å². The summed E-state index contributed by atoms with van der Waals surface area (Å²) >= 11 is 7.75. The van der Waals surface area contributed by atoms with Gasteiger partial charge in [0.15, 0.2) is 0 Å². The molecule has 1 aromatic heterocycles. The molecule has 0 spiro atoms. The van der Waals surface area contributed by atoms with Crippen molar-refractivity contribution in [1.82, 2.24) is 14.8 Å². The van der Waals surface area contributed by atoms with E-state index in [-0.39, 0.29) is 11.7 Å². The zero-order chi connectivity index (χ0) is 25.2. The zero-order valence-corrected chi connectivity index (χ0v) is 21.2. The molecule has 1 aliphatic heterocycles. The predicted octanol–water partition coefficient (Wildman–Crippen LogP) is 6.60. The van der Waals surface area contributed by atoms with E-state index in [4.69, 9.17) is 16.7 Å². The Balaban J connectivity index is 1.49. The lowest BCUT2D eigenvalue weighted by Crippen LogP contribution is -2.31. The van der Waals surface area contributed by atoms with Gasteiger partial charge in [-0.15, -0.1) is 5.10 Å². The lowest BCUT2D eigenvalue weighted by molar-refractivity contribution is -0.113. The van der Waals surface area contributed by atoms with Crippen molar-refractivity contribution in [3.8, 4) is 0 Å². The summed E-state index contributed by atoms with van der Waals surface area (Å²) in [6.45, 7) is 3.80. The lowest BCUT2D eigenvalue weighted by Gasteiger charge is -2.28. The molecule has 1 atom stereocenters. The number of amides is 1. The Hall–Kier alpha value is -3.62. The molecule has 2 heterocycles. The molecule has 5 rings (SSSR count). The summed E-state index contributed by atoms with van der Waals surface area (Å²) in [5.41, 5.74) is 4.56. The van der Waals surface area contributed by atoms with E-state index in [0.717, 1.165) is 16.7 Å². The van der Waals surface area contributed by atoms with Crippen LogP contribution in [0.1, 0.15) is 29.7 Å². The summed E-state index contributed by atoms with van der Waals surface area (Å²) in [6, 6.07) is 20.7. The molecule has 0 aliphatic carbocycles. The van der Waals surface area contributed by atoms with Crippen molar-refractivity contribution in [3.63, 3.8) is 0 Å². The number of carbonyl (C=O) groups is 1. The number of aryl methyl sites for hydroxylation is 1. The summed E-state index contributed by atoms with van der Waals surface area (Å²) < 4.78 is 15.4. The minimum absolute atomic E-state index is 0.272. The molecular weight excluding hydrogens is 497 g/mol. The maximum absolute atomic E-state index is 13.8. The third kappa shape index (κ3) is 5.01. The van der Waals surface area contributed by atoms with Gasteiger partial charge in [0, 0.05) is 22.2 Å². The minimum atomic E-state index is -0.589. The van der Waals surface area contributed by atoms with Gasteiger partial charge in [-0.3, -0.25) is 4.79 Å². The Morgan fingerprint density at radius 2 is 1.89 bits per heavy atom. The number of anilines is 2. The van der Waals surface area contributed by atoms with E-state index >= 15 is 0 Å². The highest BCUT2D eigenvalue weighted by atomic mass is 35.5. The van der Waals surface area contributed by atoms with E-state index in [1.807, 2.05) is 62.4 Å². The zero-order valence-electron chi connectivity index (χ0n) is 19.6. The molecule has 0 saturated heterocycles. The van der Waals surface area contributed by atoms with Gasteiger partial charge in [0.05, 0.1) is 5.57 Å². The van der Waals surface area contributed by atoms with Crippen molar-refractivity contribution < 1.29 is 9.18 Å². The van der Waals surface area contributed by atoms with Gasteiger partial charge in [-0.1, -0.05) is 65.8 Å². The highest BCUT2D eigenvalue weighted by molar-refractivity contribution is 7.98. The van der Waals surface area contributed by atoms with Crippen molar-refractivity contribution in [1.29, 1.82) is 0 Å². The number of allylic oxidation sites excluding steroid dienone is 1. The van der Waals surface area contributed by atoms with Crippen LogP contribution in [0.15, 0.2) is 89.2 Å². The van der Waals surface area contributed by atoms with Gasteiger partial charge in [-0.25, -0.2) is 9.07 Å². The largest absolute Gasteiger partial charge is 0.328 e. The number of carbonyl (C=O) groups excluding carboxylic acids is 1. The third-order valence-electron chi connectivity index (χ3n) is 5.85. The molecule has 2 N–H and O–H groups in total. The Bertz CT molecular complexity index is 1470. The number of aromatic nitrogens is 3. The van der Waals surface area contributed by atoms with Crippen LogP contribution < -0.4 is 10.6 Å². The molecular formula is C27H23ClFN5OS. The number of nitrogens with one attached hydrogen (secondary N) is 2. The van der Waals surface area contributed by atoms with Gasteiger partial charge in [-0.2, -0.15) is 4.98 Å². The third-order valence-corrected chi connectivity index (χ3v) is 7.11. The Morgan fingerprint density at radius 1 is 1.11 bits per heavy atom. The fourth-order valence-electron chi connectivity index (χ4n) is 4.12. The first kappa shape index (κ1) is 24.1. The number of hydrogen-bond acceptors (Lipinski definition) is 5. The maximum atomic E-state index is 13.8. The molecule has 4 aromatic rings. The number of fused-ring (bicyclic) bond motifs is 1. The van der Waals surface area contributed by atoms with Crippen molar-refractivity contribution in [2.24, 2.45) is 0 Å². The van der Waals surface area contributed by atoms with E-state index < -0.39 is 6.04 Å². The van der Waals surface area contributed by atoms with Crippen LogP contribution in [-0.4, -0.2) is 20.7 Å². The molecule has 1 aliphatic rings. The van der Waals surface area contributed by atoms with Crippen LogP contribution in [-0.2, 0) is 10.5 Å². The topological polar surface area (TPSA) is 71.8 Å². The number of benzene rings is 3. The van der Waals surface area contributed by atoms with Crippen molar-refractivity contribution in [2.75, 3.05) is 10.6 Å². The van der Waals surface area contributed by atoms with E-state index in [2.05, 4.69) is 15.6 Å². The number of halogens is 2. The normalized spacial score (nSPS) is 14.8. The van der Waals surface area contributed by atoms with Crippen LogP contribution in [0.4, 0.5) is 16.0 Å². The molecule has 36 heavy (non-hydrogen) atoms. The smallest absolute Gasteiger partial charge is 0.255 e. The summed E-state index contributed by atoms with van der Waals surface area (Å²) in [7, 11) is 0. The van der Waals surface area contributed by atoms with Crippen LogP contribution in [0, 0.1) is 12.7 Å². The monoisotopic (exact) mass is 519 g/mol. The average Bonchev–Trinajstić information content (AvgIpc) is 3.25. The van der Waals surface area contributed by atoms with Crippen LogP contribution >= 0.6 is 23.4 Å². The fraction of sp³-hybridized carbons (Fsp3) is 0.148. The number of rotatable bonds is 6. The first-order valence-electron chi connectivity index (χ1n) is 11.3. The SMILES string of the molecule is CC1=C(C(=O)Nc2cccc(C)c2)C(c2ccc(F)cc2)n2nc(SCc3ccccc3Cl)nc2N1. The molecule has 0 fully saturated rings. The summed E-state index contributed by atoms with van der Waals surface area (Å²) in [5.74, 6) is 0.480. The second kappa shape index (κ2) is 10.2. The Morgan fingerprint density at radius 3 is 2.64 bits per heavy atom. The minimum Gasteiger partial charge on any atom is -0.328 e. The number of hydrogen-bond donors (Lipinski definition) is 2. The van der Waals surface area contributed by atoms with Gasteiger partial charge in [0.25, 0.3) is 5.91 Å². The Kier molecular flexibility index (Phi) is 6.80. The average molecular weight is 520 g/mol. The van der Waals surface area contributed by atoms with Gasteiger partial charge in [-0.05, 0) is 60.9 Å². The highest BCUT2D eigenvalue weighted by Gasteiger charge is 2.34. The highest BCUT2D eigenvalue weighted by Crippen LogP contribution is 2.37. The molecule has 0 bridgehead atoms. The maximum Gasteiger partial charge on any atom is 0.255 e. The molecule has 0 radical (unpaired) electrons. The van der Waals surface area contributed by atoms with Crippen molar-refractivity contribution in [3.05, 3.63) is 112 Å². The number of thioether (sulfide) groups is 1. The fourth-order valence-corrected chi connectivity index (χ4v) is 5.23. The van der Waals surface area contributed by atoms with Gasteiger partial charge in [0.1, 0.15) is 11.9 Å². The molecule has 3 aromatic carbocycles. The van der Waals surface area contributed by atoms with Crippen LogP contribution in [0.25, 0.3) is 0 Å². The van der Waals surface area contributed by atoms with E-state index in [1.165, 1.54) is 23.9 Å². The van der Waals surface area contributed by atoms with Crippen LogP contribution in [0.5, 0.6) is 0 Å². The van der Waals surface area contributed by atoms with Gasteiger partial charge >= 0.3 is 0 Å². The van der Waals surface area contributed by atoms with E-state index in [9.17, 15) is 9.18 Å². The first-order valence-corrected chi connectivity index (χ1v) is 12.7. The first-order chi connectivity index (χ1) is 17.4. The van der Waals surface area contributed by atoms with E-state index in [0.29, 0.717) is 38.8 Å². The second-order valence-electron chi connectivity index (χ2n) is 8.48. The number of nitrogens with zero attached hydrogens (tertiary/aromatic N) is 3. The summed E-state index contributed by atoms with van der Waals surface area (Å²) in [5, 5.41) is 12.2. The Labute approximate surface area is 217 Å². The van der Waals surface area contributed by atoms with E-state index in [1.54, 1.807) is 16.8 Å². The molecule has 182 valence electrons. The standard InChI is InChI=1S/C27H23ClFN5OS/c1-16-6-5-8-21(14-16)31-25(35)23-17(2)30-26-32-27(36-15-19-7-3-4-9-22(19)28)33-34(26)24(23)18-10-12-20(29)13-11-18/h3-14,24H,15H2,1-2H3,(H,31,35)(H,30,32,33). The predicted molar refractivity (Wildman–Crippen MR) is 142 cm³/mol. The molecule has 6 nitrogen and oxygen atoms in total. The molecule has 1 unspecified atom stereocenters. The van der Waals surface area contributed by atoms with Crippen LogP contribution in [0.3, 0.4) is 0 Å². The van der Waals surface area contributed by atoms with Crippen LogP contribution in [0.2, 0.25) is 5.02 Å². The molecule has 1 amide bonds. The summed E-state index contributed by atoms with van der Waals surface area (Å²) in [6.07, 6.45) is 0.